The summed E-state index contributed by atoms with van der Waals surface area (Å²) in [5, 5.41) is 12.5. The lowest BCUT2D eigenvalue weighted by Gasteiger charge is -2.29. The molecular formula is C33H34N2O4. The molecule has 0 heterocycles. The number of carbonyl (C=O) groups excluding carboxylic acids is 2. The van der Waals surface area contributed by atoms with Crippen LogP contribution in [-0.4, -0.2) is 34.3 Å². The van der Waals surface area contributed by atoms with E-state index in [0.29, 0.717) is 36.6 Å². The van der Waals surface area contributed by atoms with Crippen LogP contribution < -0.4 is 10.1 Å². The molecule has 0 aliphatic carbocycles. The van der Waals surface area contributed by atoms with Crippen LogP contribution in [0.3, 0.4) is 0 Å². The van der Waals surface area contributed by atoms with Crippen molar-refractivity contribution in [1.29, 1.82) is 0 Å². The van der Waals surface area contributed by atoms with E-state index in [-0.39, 0.29) is 30.0 Å². The van der Waals surface area contributed by atoms with E-state index in [9.17, 15) is 14.7 Å². The number of nitrogens with zero attached hydrogens (tertiary/aromatic N) is 1. The van der Waals surface area contributed by atoms with Crippen LogP contribution in [0.15, 0.2) is 103 Å². The molecule has 6 heteroatoms. The van der Waals surface area contributed by atoms with Crippen LogP contribution in [0.4, 0.5) is 5.69 Å². The molecule has 0 bridgehead atoms. The van der Waals surface area contributed by atoms with Crippen molar-refractivity contribution in [3.8, 4) is 11.5 Å². The van der Waals surface area contributed by atoms with Crippen molar-refractivity contribution in [1.82, 2.24) is 4.90 Å². The van der Waals surface area contributed by atoms with Gasteiger partial charge in [-0.1, -0.05) is 78.9 Å². The highest BCUT2D eigenvalue weighted by Crippen LogP contribution is 2.28. The molecule has 1 amide bonds. The minimum Gasteiger partial charge on any atom is -0.508 e. The number of Topliss-reactive ketones (excluding diaryl/α,β-unsaturated/α-hetero) is 1. The monoisotopic (exact) mass is 522 g/mol. The number of nitrogens with one attached hydrogen (secondary N) is 1. The van der Waals surface area contributed by atoms with Gasteiger partial charge in [-0.15, -0.1) is 0 Å². The molecule has 1 unspecified atom stereocenters. The summed E-state index contributed by atoms with van der Waals surface area (Å²) in [5.41, 5.74) is 4.31. The number of amides is 1. The Morgan fingerprint density at radius 2 is 1.49 bits per heavy atom. The average molecular weight is 523 g/mol. The maximum absolute atomic E-state index is 13.2. The maximum atomic E-state index is 13.2. The molecule has 200 valence electrons. The molecule has 2 N–H and O–H groups in total. The number of hydrogen-bond acceptors (Lipinski definition) is 5. The van der Waals surface area contributed by atoms with Gasteiger partial charge in [0.1, 0.15) is 18.1 Å². The van der Waals surface area contributed by atoms with Crippen LogP contribution in [0.1, 0.15) is 40.9 Å². The summed E-state index contributed by atoms with van der Waals surface area (Å²) in [6.07, 6.45) is 0.708. The molecule has 0 aliphatic rings. The lowest BCUT2D eigenvalue weighted by molar-refractivity contribution is -0.114. The van der Waals surface area contributed by atoms with Crippen molar-refractivity contribution < 1.29 is 19.4 Å². The second-order valence-electron chi connectivity index (χ2n) is 9.70. The Bertz CT molecular complexity index is 1370. The van der Waals surface area contributed by atoms with Gasteiger partial charge in [0.05, 0.1) is 12.2 Å². The summed E-state index contributed by atoms with van der Waals surface area (Å²) in [5.74, 6) is 0.663. The van der Waals surface area contributed by atoms with Crippen molar-refractivity contribution in [2.24, 2.45) is 0 Å². The van der Waals surface area contributed by atoms with E-state index in [1.54, 1.807) is 12.1 Å². The van der Waals surface area contributed by atoms with Crippen molar-refractivity contribution in [3.05, 3.63) is 125 Å². The molecule has 4 aromatic carbocycles. The smallest absolute Gasteiger partial charge is 0.221 e. The quantitative estimate of drug-likeness (QED) is 0.215. The first kappa shape index (κ1) is 27.6. The molecule has 4 rings (SSSR count). The fourth-order valence-electron chi connectivity index (χ4n) is 4.43. The third-order valence-corrected chi connectivity index (χ3v) is 6.51. The number of phenolic OH excluding ortho intramolecular Hbond substituents is 1. The van der Waals surface area contributed by atoms with Crippen LogP contribution in [0.5, 0.6) is 11.5 Å². The van der Waals surface area contributed by atoms with Crippen LogP contribution in [0.2, 0.25) is 0 Å². The first-order chi connectivity index (χ1) is 18.9. The summed E-state index contributed by atoms with van der Waals surface area (Å²) < 4.78 is 6.04. The predicted octanol–water partition coefficient (Wildman–Crippen LogP) is 6.25. The first-order valence-electron chi connectivity index (χ1n) is 13.0. The number of ether oxygens (including phenoxy) is 1. The van der Waals surface area contributed by atoms with E-state index in [4.69, 9.17) is 4.74 Å². The van der Waals surface area contributed by atoms with Crippen molar-refractivity contribution >= 4 is 17.4 Å². The van der Waals surface area contributed by atoms with Crippen molar-refractivity contribution in [3.63, 3.8) is 0 Å². The largest absolute Gasteiger partial charge is 0.508 e. The third kappa shape index (κ3) is 8.28. The summed E-state index contributed by atoms with van der Waals surface area (Å²) in [6.45, 7) is 4.69. The average Bonchev–Trinajstić information content (AvgIpc) is 2.94. The first-order valence-corrected chi connectivity index (χ1v) is 13.0. The number of anilines is 1. The molecule has 0 spiro atoms. The second-order valence-corrected chi connectivity index (χ2v) is 9.70. The van der Waals surface area contributed by atoms with Crippen LogP contribution >= 0.6 is 0 Å². The van der Waals surface area contributed by atoms with Gasteiger partial charge in [-0.05, 0) is 54.3 Å². The number of phenols is 1. The minimum absolute atomic E-state index is 0.0282. The molecule has 0 saturated heterocycles. The maximum Gasteiger partial charge on any atom is 0.221 e. The van der Waals surface area contributed by atoms with Gasteiger partial charge in [-0.25, -0.2) is 0 Å². The van der Waals surface area contributed by atoms with E-state index < -0.39 is 0 Å². The molecule has 0 aromatic heterocycles. The van der Waals surface area contributed by atoms with Crippen LogP contribution in [-0.2, 0) is 24.4 Å². The van der Waals surface area contributed by atoms with Gasteiger partial charge in [0.15, 0.2) is 5.78 Å². The van der Waals surface area contributed by atoms with E-state index >= 15 is 0 Å². The second kappa shape index (κ2) is 13.4. The fraction of sp³-hybridized carbons (Fsp3) is 0.212. The Hall–Kier alpha value is -4.42. The summed E-state index contributed by atoms with van der Waals surface area (Å²) in [6, 6.07) is 32.1. The van der Waals surface area contributed by atoms with Gasteiger partial charge in [0, 0.05) is 25.1 Å². The number of benzene rings is 4. The highest BCUT2D eigenvalue weighted by atomic mass is 16.5. The molecule has 0 fully saturated rings. The van der Waals surface area contributed by atoms with Gasteiger partial charge in [0.25, 0.3) is 0 Å². The third-order valence-electron chi connectivity index (χ3n) is 6.51. The lowest BCUT2D eigenvalue weighted by Crippen LogP contribution is -2.38. The zero-order chi connectivity index (χ0) is 27.6. The molecular weight excluding hydrogens is 488 g/mol. The molecule has 4 aromatic rings. The van der Waals surface area contributed by atoms with E-state index in [1.165, 1.54) is 6.92 Å². The van der Waals surface area contributed by atoms with Gasteiger partial charge < -0.3 is 15.2 Å². The topological polar surface area (TPSA) is 78.9 Å². The molecule has 6 nitrogen and oxygen atoms in total. The van der Waals surface area contributed by atoms with Gasteiger partial charge >= 0.3 is 0 Å². The summed E-state index contributed by atoms with van der Waals surface area (Å²) in [7, 11) is 0. The highest BCUT2D eigenvalue weighted by Gasteiger charge is 2.20. The normalized spacial score (nSPS) is 11.7. The Morgan fingerprint density at radius 1 is 0.846 bits per heavy atom. The molecule has 1 atom stereocenters. The van der Waals surface area contributed by atoms with Crippen LogP contribution in [0.25, 0.3) is 0 Å². The van der Waals surface area contributed by atoms with Gasteiger partial charge in [-0.3, -0.25) is 14.5 Å². The number of rotatable bonds is 12. The van der Waals surface area contributed by atoms with Gasteiger partial charge in [-0.2, -0.15) is 0 Å². The fourth-order valence-corrected chi connectivity index (χ4v) is 4.43. The predicted molar refractivity (Wildman–Crippen MR) is 154 cm³/mol. The Balaban J connectivity index is 1.56. The minimum atomic E-state index is -0.187. The van der Waals surface area contributed by atoms with Gasteiger partial charge in [0.2, 0.25) is 5.91 Å². The standard InChI is InChI=1S/C33H34N2O4/c1-24(19-26-13-16-30(37)17-14-26)35(22-32(38)29-11-7-4-8-12-29)21-28-15-18-33(31(20-28)34-25(2)36)39-23-27-9-5-3-6-10-27/h3-18,20,24,37H,19,21-23H2,1-2H3,(H,34,36). The molecule has 39 heavy (non-hydrogen) atoms. The van der Waals surface area contributed by atoms with E-state index in [0.717, 1.165) is 16.7 Å². The summed E-state index contributed by atoms with van der Waals surface area (Å²) in [4.78, 5) is 27.3. The van der Waals surface area contributed by atoms with Crippen molar-refractivity contribution in [2.45, 2.75) is 39.5 Å². The zero-order valence-corrected chi connectivity index (χ0v) is 22.3. The Morgan fingerprint density at radius 3 is 2.15 bits per heavy atom. The summed E-state index contributed by atoms with van der Waals surface area (Å²) >= 11 is 0. The SMILES string of the molecule is CC(=O)Nc1cc(CN(CC(=O)c2ccccc2)C(C)Cc2ccc(O)cc2)ccc1OCc1ccccc1. The van der Waals surface area contributed by atoms with E-state index in [2.05, 4.69) is 17.1 Å². The number of hydrogen-bond donors (Lipinski definition) is 2. The molecule has 0 aliphatic heterocycles. The molecule has 0 radical (unpaired) electrons. The molecule has 0 saturated carbocycles. The Kier molecular flexibility index (Phi) is 9.48. The zero-order valence-electron chi connectivity index (χ0n) is 22.3. The number of carbonyl (C=O) groups is 2. The Labute approximate surface area is 229 Å². The van der Waals surface area contributed by atoms with Crippen molar-refractivity contribution in [2.75, 3.05) is 11.9 Å². The number of ketones is 1. The van der Waals surface area contributed by atoms with E-state index in [1.807, 2.05) is 91.0 Å². The lowest BCUT2D eigenvalue weighted by atomic mass is 10.0. The highest BCUT2D eigenvalue weighted by molar-refractivity contribution is 5.97. The number of aromatic hydroxyl groups is 1. The van der Waals surface area contributed by atoms with Crippen LogP contribution in [0, 0.1) is 0 Å².